The van der Waals surface area contributed by atoms with E-state index in [0.29, 0.717) is 11.7 Å². The van der Waals surface area contributed by atoms with E-state index in [1.54, 1.807) is 14.2 Å². The maximum atomic E-state index is 6.06. The second kappa shape index (κ2) is 5.24. The molecule has 0 radical (unpaired) electrons. The first-order chi connectivity index (χ1) is 10.1. The van der Waals surface area contributed by atoms with Gasteiger partial charge in [0.2, 0.25) is 0 Å². The molecule has 1 fully saturated rings. The van der Waals surface area contributed by atoms with E-state index in [1.165, 1.54) is 0 Å². The Kier molecular flexibility index (Phi) is 3.41. The third kappa shape index (κ3) is 2.51. The first kappa shape index (κ1) is 13.7. The molecule has 21 heavy (non-hydrogen) atoms. The Hall–Kier alpha value is -2.30. The fourth-order valence-corrected chi connectivity index (χ4v) is 2.34. The smallest absolute Gasteiger partial charge is 0.134 e. The summed E-state index contributed by atoms with van der Waals surface area (Å²) in [6.07, 6.45) is 2.27. The van der Waals surface area contributed by atoms with Crippen molar-refractivity contribution in [2.75, 3.05) is 20.0 Å². The number of methoxy groups -OCH3 is 2. The highest BCUT2D eigenvalue weighted by molar-refractivity contribution is 5.74. The second-order valence-electron chi connectivity index (χ2n) is 5.28. The molecular formula is C16H19N3O2. The molecule has 1 saturated carbocycles. The summed E-state index contributed by atoms with van der Waals surface area (Å²) in [6, 6.07) is 5.66. The van der Waals surface area contributed by atoms with Gasteiger partial charge >= 0.3 is 0 Å². The van der Waals surface area contributed by atoms with Gasteiger partial charge < -0.3 is 15.2 Å². The van der Waals surface area contributed by atoms with Crippen LogP contribution >= 0.6 is 0 Å². The van der Waals surface area contributed by atoms with Crippen molar-refractivity contribution < 1.29 is 9.47 Å². The fraction of sp³-hybridized carbons (Fsp3) is 0.375. The van der Waals surface area contributed by atoms with Gasteiger partial charge in [0.15, 0.2) is 0 Å². The van der Waals surface area contributed by atoms with E-state index in [9.17, 15) is 0 Å². The molecule has 5 heteroatoms. The summed E-state index contributed by atoms with van der Waals surface area (Å²) in [7, 11) is 3.29. The monoisotopic (exact) mass is 285 g/mol. The molecule has 2 aromatic rings. The SMILES string of the molecule is COc1ccc(OC)c(-c2nc(C3CC3)nc(N)c2C)c1. The number of ether oxygens (including phenoxy) is 2. The predicted molar refractivity (Wildman–Crippen MR) is 81.7 cm³/mol. The molecule has 0 bridgehead atoms. The summed E-state index contributed by atoms with van der Waals surface area (Å²) in [5.41, 5.74) is 8.63. The Morgan fingerprint density at radius 3 is 2.52 bits per heavy atom. The van der Waals surface area contributed by atoms with Crippen molar-refractivity contribution in [1.82, 2.24) is 9.97 Å². The van der Waals surface area contributed by atoms with Gasteiger partial charge in [0.05, 0.1) is 19.9 Å². The largest absolute Gasteiger partial charge is 0.497 e. The molecule has 1 aliphatic rings. The van der Waals surface area contributed by atoms with Crippen LogP contribution in [0.3, 0.4) is 0 Å². The summed E-state index contributed by atoms with van der Waals surface area (Å²) in [5, 5.41) is 0. The standard InChI is InChI=1S/C16H19N3O2/c1-9-14(18-16(10-4-5-10)19-15(9)17)12-8-11(20-2)6-7-13(12)21-3/h6-8,10H,4-5H2,1-3H3,(H2,17,18,19). The summed E-state index contributed by atoms with van der Waals surface area (Å²) >= 11 is 0. The molecule has 0 atom stereocenters. The summed E-state index contributed by atoms with van der Waals surface area (Å²) in [4.78, 5) is 9.14. The number of benzene rings is 1. The van der Waals surface area contributed by atoms with Gasteiger partial charge in [-0.25, -0.2) is 9.97 Å². The number of nitrogens with zero attached hydrogens (tertiary/aromatic N) is 2. The molecule has 2 N–H and O–H groups in total. The Balaban J connectivity index is 2.18. The molecule has 1 aliphatic carbocycles. The fourth-order valence-electron chi connectivity index (χ4n) is 2.34. The Morgan fingerprint density at radius 2 is 1.90 bits per heavy atom. The molecule has 110 valence electrons. The maximum Gasteiger partial charge on any atom is 0.134 e. The van der Waals surface area contributed by atoms with Crippen molar-refractivity contribution >= 4 is 5.82 Å². The van der Waals surface area contributed by atoms with Gasteiger partial charge in [-0.05, 0) is 38.0 Å². The van der Waals surface area contributed by atoms with Crippen molar-refractivity contribution in [2.45, 2.75) is 25.7 Å². The molecule has 5 nitrogen and oxygen atoms in total. The van der Waals surface area contributed by atoms with Gasteiger partial charge in [0, 0.05) is 17.0 Å². The van der Waals surface area contributed by atoms with Crippen LogP contribution in [-0.2, 0) is 0 Å². The van der Waals surface area contributed by atoms with Crippen molar-refractivity contribution in [3.05, 3.63) is 29.6 Å². The van der Waals surface area contributed by atoms with Crippen LogP contribution in [0, 0.1) is 6.92 Å². The number of nitrogen functional groups attached to an aromatic ring is 1. The number of hydrogen-bond acceptors (Lipinski definition) is 5. The molecule has 0 aliphatic heterocycles. The quantitative estimate of drug-likeness (QED) is 0.935. The van der Waals surface area contributed by atoms with E-state index in [1.807, 2.05) is 25.1 Å². The van der Waals surface area contributed by atoms with E-state index < -0.39 is 0 Å². The average Bonchev–Trinajstić information content (AvgIpc) is 3.34. The first-order valence-corrected chi connectivity index (χ1v) is 7.00. The summed E-state index contributed by atoms with van der Waals surface area (Å²) in [5.74, 6) is 3.32. The van der Waals surface area contributed by atoms with Gasteiger partial charge in [-0.15, -0.1) is 0 Å². The van der Waals surface area contributed by atoms with E-state index in [-0.39, 0.29) is 0 Å². The van der Waals surface area contributed by atoms with Crippen molar-refractivity contribution in [2.24, 2.45) is 0 Å². The number of hydrogen-bond donors (Lipinski definition) is 1. The maximum absolute atomic E-state index is 6.06. The third-order valence-electron chi connectivity index (χ3n) is 3.81. The highest BCUT2D eigenvalue weighted by Crippen LogP contribution is 2.41. The zero-order valence-electron chi connectivity index (χ0n) is 12.5. The zero-order chi connectivity index (χ0) is 15.0. The molecule has 1 heterocycles. The Morgan fingerprint density at radius 1 is 1.14 bits per heavy atom. The van der Waals surface area contributed by atoms with Crippen LogP contribution in [0.2, 0.25) is 0 Å². The topological polar surface area (TPSA) is 70.3 Å². The highest BCUT2D eigenvalue weighted by atomic mass is 16.5. The molecule has 0 saturated heterocycles. The number of aromatic nitrogens is 2. The van der Waals surface area contributed by atoms with Gasteiger partial charge in [-0.2, -0.15) is 0 Å². The third-order valence-corrected chi connectivity index (χ3v) is 3.81. The van der Waals surface area contributed by atoms with Crippen LogP contribution in [0.4, 0.5) is 5.82 Å². The van der Waals surface area contributed by atoms with Gasteiger partial charge in [-0.3, -0.25) is 0 Å². The first-order valence-electron chi connectivity index (χ1n) is 7.00. The van der Waals surface area contributed by atoms with Crippen LogP contribution < -0.4 is 15.2 Å². The molecule has 0 spiro atoms. The van der Waals surface area contributed by atoms with E-state index in [4.69, 9.17) is 20.2 Å². The molecule has 0 amide bonds. The van der Waals surface area contributed by atoms with Crippen molar-refractivity contribution in [3.63, 3.8) is 0 Å². The van der Waals surface area contributed by atoms with Crippen molar-refractivity contribution in [1.29, 1.82) is 0 Å². The molecule has 3 rings (SSSR count). The highest BCUT2D eigenvalue weighted by Gasteiger charge is 2.28. The van der Waals surface area contributed by atoms with Crippen LogP contribution in [0.1, 0.15) is 30.1 Å². The van der Waals surface area contributed by atoms with Gasteiger partial charge in [-0.1, -0.05) is 0 Å². The number of anilines is 1. The summed E-state index contributed by atoms with van der Waals surface area (Å²) in [6.45, 7) is 1.93. The zero-order valence-corrected chi connectivity index (χ0v) is 12.5. The number of rotatable bonds is 4. The van der Waals surface area contributed by atoms with Gasteiger partial charge in [0.1, 0.15) is 23.1 Å². The van der Waals surface area contributed by atoms with E-state index in [0.717, 1.165) is 47.0 Å². The van der Waals surface area contributed by atoms with Gasteiger partial charge in [0.25, 0.3) is 0 Å². The van der Waals surface area contributed by atoms with Crippen LogP contribution in [-0.4, -0.2) is 24.2 Å². The second-order valence-corrected chi connectivity index (χ2v) is 5.28. The summed E-state index contributed by atoms with van der Waals surface area (Å²) < 4.78 is 10.8. The van der Waals surface area contributed by atoms with Crippen LogP contribution in [0.15, 0.2) is 18.2 Å². The molecule has 1 aromatic heterocycles. The minimum atomic E-state index is 0.447. The van der Waals surface area contributed by atoms with Crippen LogP contribution in [0.5, 0.6) is 11.5 Å². The normalized spacial score (nSPS) is 14.0. The molecular weight excluding hydrogens is 266 g/mol. The minimum Gasteiger partial charge on any atom is -0.497 e. The minimum absolute atomic E-state index is 0.447. The molecule has 0 unspecified atom stereocenters. The Labute approximate surface area is 124 Å². The molecule has 1 aromatic carbocycles. The lowest BCUT2D eigenvalue weighted by molar-refractivity contribution is 0.404. The lowest BCUT2D eigenvalue weighted by Gasteiger charge is -2.14. The Bertz CT molecular complexity index is 681. The average molecular weight is 285 g/mol. The number of nitrogens with two attached hydrogens (primary N) is 1. The van der Waals surface area contributed by atoms with Crippen molar-refractivity contribution in [3.8, 4) is 22.8 Å². The predicted octanol–water partition coefficient (Wildman–Crippen LogP) is 2.93. The lowest BCUT2D eigenvalue weighted by Crippen LogP contribution is -2.05. The van der Waals surface area contributed by atoms with E-state index in [2.05, 4.69) is 4.98 Å². The lowest BCUT2D eigenvalue weighted by atomic mass is 10.1. The van der Waals surface area contributed by atoms with E-state index >= 15 is 0 Å². The van der Waals surface area contributed by atoms with Crippen LogP contribution in [0.25, 0.3) is 11.3 Å².